The second kappa shape index (κ2) is 51.7. The molecule has 0 rings (SSSR count). The highest BCUT2D eigenvalue weighted by molar-refractivity contribution is 5.76. The number of unbranched alkanes of at least 4 members (excludes halogenated alkanes) is 35. The van der Waals surface area contributed by atoms with Gasteiger partial charge in [0.2, 0.25) is 5.91 Å². The summed E-state index contributed by atoms with van der Waals surface area (Å²) in [6.45, 7) is 4.85. The van der Waals surface area contributed by atoms with Gasteiger partial charge in [0.25, 0.3) is 0 Å². The van der Waals surface area contributed by atoms with Crippen LogP contribution in [0.3, 0.4) is 0 Å². The number of esters is 1. The molecule has 0 spiro atoms. The average molecular weight is 872 g/mol. The molecule has 1 amide bonds. The summed E-state index contributed by atoms with van der Waals surface area (Å²) in [6, 6.07) is -0.638. The molecular weight excluding hydrogens is 767 g/mol. The Morgan fingerprint density at radius 3 is 1.24 bits per heavy atom. The molecule has 6 heteroatoms. The lowest BCUT2D eigenvalue weighted by Gasteiger charge is -2.20. The van der Waals surface area contributed by atoms with Crippen molar-refractivity contribution in [3.05, 3.63) is 36.5 Å². The molecule has 0 saturated heterocycles. The molecular formula is C56H105NO5. The molecule has 2 unspecified atom stereocenters. The second-order valence-electron chi connectivity index (χ2n) is 18.6. The molecule has 2 atom stereocenters. The van der Waals surface area contributed by atoms with Crippen molar-refractivity contribution >= 4 is 11.9 Å². The van der Waals surface area contributed by atoms with Gasteiger partial charge in [0, 0.05) is 12.8 Å². The zero-order valence-corrected chi connectivity index (χ0v) is 41.4. The molecule has 6 nitrogen and oxygen atoms in total. The van der Waals surface area contributed by atoms with Crippen LogP contribution in [0.25, 0.3) is 0 Å². The minimum atomic E-state index is -0.854. The van der Waals surface area contributed by atoms with Crippen molar-refractivity contribution in [1.82, 2.24) is 5.32 Å². The first kappa shape index (κ1) is 60.1. The molecule has 0 heterocycles. The van der Waals surface area contributed by atoms with Crippen molar-refractivity contribution in [3.63, 3.8) is 0 Å². The summed E-state index contributed by atoms with van der Waals surface area (Å²) < 4.78 is 5.46. The van der Waals surface area contributed by atoms with E-state index in [-0.39, 0.29) is 18.5 Å². The van der Waals surface area contributed by atoms with Crippen molar-refractivity contribution in [3.8, 4) is 0 Å². The van der Waals surface area contributed by atoms with Crippen molar-refractivity contribution < 1.29 is 24.5 Å². The zero-order valence-electron chi connectivity index (χ0n) is 41.4. The second-order valence-corrected chi connectivity index (χ2v) is 18.6. The van der Waals surface area contributed by atoms with E-state index in [2.05, 4.69) is 43.5 Å². The number of carbonyl (C=O) groups excluding carboxylic acids is 2. The van der Waals surface area contributed by atoms with Crippen LogP contribution in [0.2, 0.25) is 0 Å². The van der Waals surface area contributed by atoms with Crippen LogP contribution < -0.4 is 5.32 Å². The quantitative estimate of drug-likeness (QED) is 0.0321. The van der Waals surface area contributed by atoms with E-state index in [4.69, 9.17) is 4.74 Å². The number of allylic oxidation sites excluding steroid dienone is 5. The monoisotopic (exact) mass is 872 g/mol. The molecule has 0 fully saturated rings. The van der Waals surface area contributed by atoms with E-state index in [0.29, 0.717) is 19.4 Å². The third kappa shape index (κ3) is 47.6. The van der Waals surface area contributed by atoms with E-state index in [9.17, 15) is 19.8 Å². The first-order valence-electron chi connectivity index (χ1n) is 27.3. The third-order valence-corrected chi connectivity index (χ3v) is 12.4. The van der Waals surface area contributed by atoms with E-state index in [1.165, 1.54) is 193 Å². The highest BCUT2D eigenvalue weighted by Crippen LogP contribution is 2.16. The van der Waals surface area contributed by atoms with Crippen molar-refractivity contribution in [2.24, 2.45) is 0 Å². The number of ether oxygens (including phenoxy) is 1. The van der Waals surface area contributed by atoms with Crippen LogP contribution in [0.4, 0.5) is 0 Å². The fraction of sp³-hybridized carbons (Fsp3) is 0.857. The number of aliphatic hydroxyl groups is 2. The van der Waals surface area contributed by atoms with E-state index >= 15 is 0 Å². The van der Waals surface area contributed by atoms with Crippen molar-refractivity contribution in [2.75, 3.05) is 13.2 Å². The first-order valence-corrected chi connectivity index (χ1v) is 27.3. The number of rotatable bonds is 50. The molecule has 0 aromatic carbocycles. The summed E-state index contributed by atoms with van der Waals surface area (Å²) in [7, 11) is 0. The molecule has 0 aliphatic carbocycles. The average Bonchev–Trinajstić information content (AvgIpc) is 3.27. The molecule has 0 saturated carbocycles. The van der Waals surface area contributed by atoms with Gasteiger partial charge in [-0.2, -0.15) is 0 Å². The largest absolute Gasteiger partial charge is 0.466 e. The van der Waals surface area contributed by atoms with Gasteiger partial charge in [0.15, 0.2) is 0 Å². The minimum absolute atomic E-state index is 0.0205. The van der Waals surface area contributed by atoms with Crippen LogP contribution in [0.15, 0.2) is 36.5 Å². The Morgan fingerprint density at radius 2 is 0.806 bits per heavy atom. The summed E-state index contributed by atoms with van der Waals surface area (Å²) in [5.41, 5.74) is 0. The van der Waals surface area contributed by atoms with Gasteiger partial charge in [-0.1, -0.05) is 243 Å². The molecule has 364 valence electrons. The van der Waals surface area contributed by atoms with Crippen LogP contribution in [0.1, 0.15) is 284 Å². The molecule has 0 aliphatic heterocycles. The Hall–Kier alpha value is -1.92. The Bertz CT molecular complexity index is 1010. The summed E-state index contributed by atoms with van der Waals surface area (Å²) in [4.78, 5) is 24.5. The third-order valence-electron chi connectivity index (χ3n) is 12.4. The van der Waals surface area contributed by atoms with Crippen molar-refractivity contribution in [2.45, 2.75) is 296 Å². The zero-order chi connectivity index (χ0) is 45.1. The maximum atomic E-state index is 12.4. The maximum Gasteiger partial charge on any atom is 0.305 e. The van der Waals surface area contributed by atoms with E-state index in [1.54, 1.807) is 6.08 Å². The lowest BCUT2D eigenvalue weighted by molar-refractivity contribution is -0.143. The van der Waals surface area contributed by atoms with Gasteiger partial charge in [0.1, 0.15) is 0 Å². The van der Waals surface area contributed by atoms with Gasteiger partial charge in [-0.15, -0.1) is 0 Å². The molecule has 0 aromatic heterocycles. The van der Waals surface area contributed by atoms with Crippen LogP contribution in [-0.2, 0) is 14.3 Å². The highest BCUT2D eigenvalue weighted by Gasteiger charge is 2.18. The lowest BCUT2D eigenvalue weighted by Crippen LogP contribution is -2.45. The molecule has 0 bridgehead atoms. The Morgan fingerprint density at radius 1 is 0.452 bits per heavy atom. The predicted molar refractivity (Wildman–Crippen MR) is 269 cm³/mol. The van der Waals surface area contributed by atoms with Crippen LogP contribution in [0, 0.1) is 0 Å². The molecule has 0 radical (unpaired) electrons. The molecule has 3 N–H and O–H groups in total. The Labute approximate surface area is 385 Å². The molecule has 0 aliphatic rings. The summed E-state index contributed by atoms with van der Waals surface area (Å²) >= 11 is 0. The number of hydrogen-bond acceptors (Lipinski definition) is 5. The van der Waals surface area contributed by atoms with Crippen molar-refractivity contribution in [1.29, 1.82) is 0 Å². The Kier molecular flexibility index (Phi) is 50.1. The van der Waals surface area contributed by atoms with Gasteiger partial charge in [-0.25, -0.2) is 0 Å². The highest BCUT2D eigenvalue weighted by atomic mass is 16.5. The summed E-state index contributed by atoms with van der Waals surface area (Å²) in [5.74, 6) is -0.102. The first-order chi connectivity index (χ1) is 30.5. The Balaban J connectivity index is 3.50. The number of aliphatic hydroxyl groups excluding tert-OH is 2. The summed E-state index contributed by atoms with van der Waals surface area (Å²) in [5, 5.41) is 23.1. The SMILES string of the molecule is CCCCCC/C=C\C/C=C\CCCCCCCC(=O)OCCCCCCCCCCCCCCCC(=O)NC(CO)C(O)/C=C/CCCCCCCCCCCCCCCC. The fourth-order valence-corrected chi connectivity index (χ4v) is 8.19. The minimum Gasteiger partial charge on any atom is -0.466 e. The van der Waals surface area contributed by atoms with Gasteiger partial charge < -0.3 is 20.3 Å². The van der Waals surface area contributed by atoms with Crippen LogP contribution in [0.5, 0.6) is 0 Å². The number of carbonyl (C=O) groups is 2. The summed E-state index contributed by atoms with van der Waals surface area (Å²) in [6.07, 6.45) is 62.8. The lowest BCUT2D eigenvalue weighted by atomic mass is 10.0. The predicted octanol–water partition coefficient (Wildman–Crippen LogP) is 16.5. The van der Waals surface area contributed by atoms with Crippen LogP contribution in [-0.4, -0.2) is 47.4 Å². The molecule has 0 aromatic rings. The number of hydrogen-bond donors (Lipinski definition) is 3. The van der Waals surface area contributed by atoms with Gasteiger partial charge in [0.05, 0.1) is 25.4 Å². The van der Waals surface area contributed by atoms with E-state index in [0.717, 1.165) is 64.2 Å². The fourth-order valence-electron chi connectivity index (χ4n) is 8.19. The van der Waals surface area contributed by atoms with Gasteiger partial charge in [-0.3, -0.25) is 9.59 Å². The normalized spacial score (nSPS) is 12.9. The smallest absolute Gasteiger partial charge is 0.305 e. The van der Waals surface area contributed by atoms with Crippen LogP contribution >= 0.6 is 0 Å². The topological polar surface area (TPSA) is 95.9 Å². The number of amides is 1. The standard InChI is InChI=1S/C56H105NO5/c1-3-5-7-9-11-13-15-17-19-21-24-28-32-36-40-44-48-54(59)53(52-58)57-55(60)49-45-41-37-33-29-25-23-27-31-35-39-43-47-51-62-56(61)50-46-42-38-34-30-26-22-20-18-16-14-12-10-8-6-4-2/h14,16,20,22,44,48,53-54,58-59H,3-13,15,17-19,21,23-43,45-47,49-52H2,1-2H3,(H,57,60)/b16-14-,22-20-,48-44+. The van der Waals surface area contributed by atoms with Gasteiger partial charge >= 0.3 is 5.97 Å². The number of nitrogens with one attached hydrogen (secondary N) is 1. The van der Waals surface area contributed by atoms with E-state index < -0.39 is 12.1 Å². The van der Waals surface area contributed by atoms with Gasteiger partial charge in [-0.05, 0) is 64.2 Å². The maximum absolute atomic E-state index is 12.4. The molecule has 62 heavy (non-hydrogen) atoms. The van der Waals surface area contributed by atoms with E-state index in [1.807, 2.05) is 6.08 Å².